The Hall–Kier alpha value is -5.45. The summed E-state index contributed by atoms with van der Waals surface area (Å²) >= 11 is 0. The lowest BCUT2D eigenvalue weighted by Crippen LogP contribution is -2.64. The molecule has 70 heavy (non-hydrogen) atoms. The number of hydrogen-bond donors (Lipinski definition) is 15. The lowest BCUT2D eigenvalue weighted by atomic mass is 9.98. The van der Waals surface area contributed by atoms with Crippen molar-refractivity contribution in [1.29, 1.82) is 0 Å². The summed E-state index contributed by atoms with van der Waals surface area (Å²) in [6.07, 6.45) is -13.1. The molecule has 0 radical (unpaired) electrons. The van der Waals surface area contributed by atoms with E-state index in [1.165, 1.54) is 53.0 Å². The number of benzene rings is 1. The summed E-state index contributed by atoms with van der Waals surface area (Å²) < 4.78 is 10.5. The number of alkyl carbamates (subject to hydrolysis) is 1. The van der Waals surface area contributed by atoms with E-state index in [4.69, 9.17) is 9.47 Å². The molecule has 3 saturated heterocycles. The Morgan fingerprint density at radius 3 is 2.07 bits per heavy atom. The van der Waals surface area contributed by atoms with Gasteiger partial charge in [0.25, 0.3) is 0 Å². The molecule has 3 aliphatic heterocycles. The van der Waals surface area contributed by atoms with Crippen LogP contribution in [0.3, 0.4) is 0 Å². The number of phenolic OH excluding ortho intramolecular Hbond substituents is 1. The molecular weight excluding hydrogens is 929 g/mol. The lowest BCUT2D eigenvalue weighted by molar-refractivity contribution is -0.147. The minimum absolute atomic E-state index is 0.0203. The minimum atomic E-state index is -2.06. The second-order valence-electron chi connectivity index (χ2n) is 19.0. The average molecular weight is 999 g/mol. The normalized spacial score (nSPS) is 29.1. The van der Waals surface area contributed by atoms with Crippen LogP contribution in [0.5, 0.6) is 11.5 Å². The lowest BCUT2D eigenvalue weighted by Gasteiger charge is -2.34. The minimum Gasteiger partial charge on any atom is -0.504 e. The first-order valence-electron chi connectivity index (χ1n) is 23.0. The molecule has 1 aromatic rings. The van der Waals surface area contributed by atoms with E-state index in [-0.39, 0.29) is 36.6 Å². The van der Waals surface area contributed by atoms with Crippen LogP contribution in [-0.2, 0) is 39.9 Å². The van der Waals surface area contributed by atoms with E-state index in [0.717, 1.165) is 16.7 Å². The van der Waals surface area contributed by atoms with Gasteiger partial charge in [0.15, 0.2) is 11.5 Å². The molecule has 394 valence electrons. The molecule has 15 N–H and O–H groups in total. The number of aliphatic hydroxyl groups excluding tert-OH is 8. The fourth-order valence-electron chi connectivity index (χ4n) is 8.37. The summed E-state index contributed by atoms with van der Waals surface area (Å²) in [6.45, 7) is 4.54. The van der Waals surface area contributed by atoms with Crippen LogP contribution in [0, 0.1) is 5.92 Å². The molecule has 0 bridgehead atoms. The number of fused-ring (bicyclic) bond motifs is 2. The zero-order chi connectivity index (χ0) is 52.4. The van der Waals surface area contributed by atoms with E-state index in [2.05, 4.69) is 31.9 Å². The molecule has 0 spiro atoms. The number of nitrogens with one attached hydrogen (secondary N) is 6. The summed E-state index contributed by atoms with van der Waals surface area (Å²) in [5.41, 5.74) is -0.815. The molecule has 3 fully saturated rings. The van der Waals surface area contributed by atoms with Gasteiger partial charge in [-0.2, -0.15) is 0 Å². The van der Waals surface area contributed by atoms with Crippen LogP contribution in [-0.4, -0.2) is 228 Å². The number of carbonyl (C=O) groups excluding carboxylic acids is 7. The molecule has 13 atom stereocenters. The Kier molecular flexibility index (Phi) is 20.5. The van der Waals surface area contributed by atoms with E-state index in [1.54, 1.807) is 0 Å². The van der Waals surface area contributed by atoms with Crippen molar-refractivity contribution in [1.82, 2.24) is 41.7 Å². The molecule has 1 unspecified atom stereocenters. The number of aromatic hydroxyl groups is 1. The number of ether oxygens (including phenoxy) is 2. The van der Waals surface area contributed by atoms with Gasteiger partial charge in [-0.15, -0.1) is 0 Å². The van der Waals surface area contributed by atoms with E-state index < -0.39 is 178 Å². The van der Waals surface area contributed by atoms with Gasteiger partial charge >= 0.3 is 6.09 Å². The number of carbonyl (C=O) groups is 7. The first-order valence-corrected chi connectivity index (χ1v) is 23.0. The summed E-state index contributed by atoms with van der Waals surface area (Å²) in [5.74, 6) is -7.95. The molecule has 7 amide bonds. The molecule has 3 heterocycles. The fraction of sp³-hybridized carbons (Fsp3) is 0.705. The molecule has 1 aromatic carbocycles. The van der Waals surface area contributed by atoms with E-state index >= 15 is 0 Å². The maximum Gasteiger partial charge on any atom is 0.408 e. The summed E-state index contributed by atoms with van der Waals surface area (Å²) in [4.78, 5) is 101. The van der Waals surface area contributed by atoms with Gasteiger partial charge in [0.05, 0.1) is 63.0 Å². The largest absolute Gasteiger partial charge is 0.504 e. The van der Waals surface area contributed by atoms with Gasteiger partial charge in [-0.1, -0.05) is 13.0 Å². The van der Waals surface area contributed by atoms with Gasteiger partial charge in [0.1, 0.15) is 41.9 Å². The van der Waals surface area contributed by atoms with Crippen molar-refractivity contribution < 1.29 is 89.0 Å². The predicted molar refractivity (Wildman–Crippen MR) is 242 cm³/mol. The van der Waals surface area contributed by atoms with E-state index in [1.807, 2.05) is 0 Å². The highest BCUT2D eigenvalue weighted by atomic mass is 16.6. The summed E-state index contributed by atoms with van der Waals surface area (Å²) in [7, 11) is 1.26. The van der Waals surface area contributed by atoms with Crippen molar-refractivity contribution >= 4 is 41.5 Å². The molecule has 26 heteroatoms. The Labute approximate surface area is 404 Å². The van der Waals surface area contributed by atoms with Crippen molar-refractivity contribution in [3.05, 3.63) is 23.8 Å². The number of hydrogen-bond acceptors (Lipinski definition) is 19. The van der Waals surface area contributed by atoms with Crippen LogP contribution in [0.25, 0.3) is 0 Å². The third-order valence-electron chi connectivity index (χ3n) is 12.1. The third-order valence-corrected chi connectivity index (χ3v) is 12.1. The average Bonchev–Trinajstić information content (AvgIpc) is 3.83. The standard InChI is InChI=1S/C44H70N8O18/c1-20-16-52-35(36(20)61)40(65)46-15-24(56)13-26(47-43(68)70-44(3,4)5)37(62)48-32(21(2)55)41(66)51-17-25(57)14-27(51)38(63)49-33(30(60)11-22-7-8-28(58)31(12-22)69-6)39(64)50-34(42(52)67)29(59)9-10-45-23(18-53)19-54/h7-8,12,20-21,23-27,29-30,32-36,45,53-61H,9-11,13-19H2,1-6H3,(H,46,65)(H,47,68)(H,48,62)(H,49,63)(H,50,64)/t20-,21+,24+,25+,26?,27-,29+,30+,32-,33-,34-,35-,36-/m0/s1. The van der Waals surface area contributed by atoms with Gasteiger partial charge < -0.3 is 97.1 Å². The van der Waals surface area contributed by atoms with Crippen molar-refractivity contribution in [2.75, 3.05) is 46.5 Å². The van der Waals surface area contributed by atoms with Gasteiger partial charge in [-0.25, -0.2) is 4.79 Å². The monoisotopic (exact) mass is 998 g/mol. The number of β-amino-alcohol motifs (C(OH)–C–C–N with tert-alkyl or cyclic N) is 1. The second kappa shape index (κ2) is 25.1. The van der Waals surface area contributed by atoms with Crippen LogP contribution in [0.4, 0.5) is 4.79 Å². The Morgan fingerprint density at radius 2 is 1.46 bits per heavy atom. The van der Waals surface area contributed by atoms with Gasteiger partial charge in [0, 0.05) is 44.8 Å². The van der Waals surface area contributed by atoms with Crippen LogP contribution in [0.1, 0.15) is 59.4 Å². The zero-order valence-corrected chi connectivity index (χ0v) is 40.0. The first-order chi connectivity index (χ1) is 32.8. The zero-order valence-electron chi connectivity index (χ0n) is 40.0. The Morgan fingerprint density at radius 1 is 0.829 bits per heavy atom. The molecule has 4 rings (SSSR count). The van der Waals surface area contributed by atoms with Crippen molar-refractivity contribution in [3.63, 3.8) is 0 Å². The molecule has 3 aliphatic rings. The number of methoxy groups -OCH3 is 1. The van der Waals surface area contributed by atoms with Crippen LogP contribution < -0.4 is 36.6 Å². The number of amides is 7. The Balaban J connectivity index is 1.85. The highest BCUT2D eigenvalue weighted by Gasteiger charge is 2.49. The van der Waals surface area contributed by atoms with E-state index in [9.17, 15) is 79.5 Å². The van der Waals surface area contributed by atoms with Gasteiger partial charge in [0.2, 0.25) is 35.4 Å². The SMILES string of the molecule is COc1cc(C[C@@H](O)[C@@H]2NC(=O)[C@@H]3C[C@@H](O)CN3C(=O)[C@H]([C@@H](C)O)NC(=O)C(NC(=O)OC(C)(C)C)C[C@@H](O)CNC(=O)[C@@H]3[C@@H](O)[C@@H](C)CN3C(=O)[C@H]([C@H](O)CCNC(CO)CO)NC2=O)ccc1O. The highest BCUT2D eigenvalue weighted by molar-refractivity contribution is 5.98. The third kappa shape index (κ3) is 15.0. The highest BCUT2D eigenvalue weighted by Crippen LogP contribution is 2.29. The van der Waals surface area contributed by atoms with Crippen LogP contribution in [0.15, 0.2) is 18.2 Å². The molecule has 0 aromatic heterocycles. The van der Waals surface area contributed by atoms with Crippen LogP contribution in [0.2, 0.25) is 0 Å². The number of aliphatic hydroxyl groups is 8. The smallest absolute Gasteiger partial charge is 0.408 e. The number of phenols is 1. The van der Waals surface area contributed by atoms with Gasteiger partial charge in [-0.05, 0) is 58.4 Å². The maximum absolute atomic E-state index is 14.7. The van der Waals surface area contributed by atoms with Crippen molar-refractivity contribution in [3.8, 4) is 11.5 Å². The van der Waals surface area contributed by atoms with Crippen molar-refractivity contribution in [2.24, 2.45) is 5.92 Å². The predicted octanol–water partition coefficient (Wildman–Crippen LogP) is -6.22. The van der Waals surface area contributed by atoms with Crippen molar-refractivity contribution in [2.45, 2.75) is 145 Å². The summed E-state index contributed by atoms with van der Waals surface area (Å²) in [5, 5.41) is 112. The fourth-order valence-corrected chi connectivity index (χ4v) is 8.37. The van der Waals surface area contributed by atoms with Gasteiger partial charge in [-0.3, -0.25) is 28.8 Å². The van der Waals surface area contributed by atoms with E-state index in [0.29, 0.717) is 0 Å². The molecular formula is C44H70N8O18. The molecule has 26 nitrogen and oxygen atoms in total. The number of nitrogens with zero attached hydrogens (tertiary/aromatic N) is 2. The quantitative estimate of drug-likeness (QED) is 0.0874. The second-order valence-corrected chi connectivity index (χ2v) is 19.0. The topological polar surface area (TPSA) is 399 Å². The summed E-state index contributed by atoms with van der Waals surface area (Å²) in [6, 6.07) is -7.92. The molecule has 0 aliphatic carbocycles. The number of rotatable bonds is 13. The Bertz CT molecular complexity index is 2000. The van der Waals surface area contributed by atoms with Crippen LogP contribution >= 0.6 is 0 Å². The molecule has 0 saturated carbocycles. The maximum atomic E-state index is 14.7. The first kappa shape index (κ1) is 57.1.